The van der Waals surface area contributed by atoms with E-state index in [1.807, 2.05) is 48.5 Å². The lowest BCUT2D eigenvalue weighted by atomic mass is 9.79. The predicted molar refractivity (Wildman–Crippen MR) is 121 cm³/mol. The van der Waals surface area contributed by atoms with Crippen molar-refractivity contribution in [1.29, 1.82) is 0 Å². The quantitative estimate of drug-likeness (QED) is 0.352. The van der Waals surface area contributed by atoms with Crippen LogP contribution in [-0.4, -0.2) is 5.97 Å². The Morgan fingerprint density at radius 1 is 0.621 bits per heavy atom. The van der Waals surface area contributed by atoms with E-state index in [4.69, 9.17) is 4.74 Å². The molecule has 29 heavy (non-hydrogen) atoms. The Hall–Kier alpha value is -2.87. The molecule has 0 aromatic heterocycles. The van der Waals surface area contributed by atoms with Crippen LogP contribution < -0.4 is 4.74 Å². The normalized spacial score (nSPS) is 11.9. The highest BCUT2D eigenvalue weighted by Crippen LogP contribution is 2.40. The summed E-state index contributed by atoms with van der Waals surface area (Å²) in [6.07, 6.45) is 0. The highest BCUT2D eigenvalue weighted by Gasteiger charge is 2.28. The first-order valence-corrected chi connectivity index (χ1v) is 10.1. The third-order valence-corrected chi connectivity index (χ3v) is 5.05. The molecule has 0 N–H and O–H groups in total. The number of esters is 1. The molecule has 0 radical (unpaired) electrons. The summed E-state index contributed by atoms with van der Waals surface area (Å²) in [5, 5.41) is 0. The number of ether oxygens (including phenoxy) is 1. The van der Waals surface area contributed by atoms with Crippen molar-refractivity contribution in [1.82, 2.24) is 0 Å². The van der Waals surface area contributed by atoms with Crippen molar-refractivity contribution in [2.24, 2.45) is 0 Å². The molecule has 0 atom stereocenters. The average Bonchev–Trinajstić information content (AvgIpc) is 2.67. The van der Waals surface area contributed by atoms with Crippen molar-refractivity contribution >= 4 is 5.97 Å². The first-order valence-electron chi connectivity index (χ1n) is 10.1. The van der Waals surface area contributed by atoms with E-state index in [9.17, 15) is 4.79 Å². The van der Waals surface area contributed by atoms with Gasteiger partial charge in [-0.3, -0.25) is 0 Å². The van der Waals surface area contributed by atoms with Gasteiger partial charge in [0.15, 0.2) is 0 Å². The van der Waals surface area contributed by atoms with E-state index >= 15 is 0 Å². The van der Waals surface area contributed by atoms with Crippen molar-refractivity contribution in [3.8, 4) is 16.9 Å². The van der Waals surface area contributed by atoms with Gasteiger partial charge in [-0.15, -0.1) is 0 Å². The average molecular weight is 387 g/mol. The molecule has 0 saturated carbocycles. The van der Waals surface area contributed by atoms with Gasteiger partial charge in [0.05, 0.1) is 5.56 Å². The summed E-state index contributed by atoms with van der Waals surface area (Å²) >= 11 is 0. The molecule has 0 aliphatic rings. The Labute approximate surface area is 174 Å². The highest BCUT2D eigenvalue weighted by molar-refractivity contribution is 5.92. The van der Waals surface area contributed by atoms with Gasteiger partial charge in [0, 0.05) is 11.1 Å². The second-order valence-electron chi connectivity index (χ2n) is 9.52. The minimum atomic E-state index is -0.327. The van der Waals surface area contributed by atoms with Crippen LogP contribution in [0.5, 0.6) is 5.75 Å². The third kappa shape index (κ3) is 4.76. The molecule has 3 aromatic carbocycles. The Morgan fingerprint density at radius 2 is 1.10 bits per heavy atom. The van der Waals surface area contributed by atoms with Crippen LogP contribution in [0.15, 0.2) is 72.8 Å². The van der Waals surface area contributed by atoms with E-state index in [1.54, 1.807) is 0 Å². The monoisotopic (exact) mass is 386 g/mol. The van der Waals surface area contributed by atoms with Crippen LogP contribution in [0.3, 0.4) is 0 Å². The Morgan fingerprint density at radius 3 is 1.59 bits per heavy atom. The van der Waals surface area contributed by atoms with Crippen LogP contribution in [0, 0.1) is 0 Å². The zero-order valence-electron chi connectivity index (χ0n) is 18.2. The molecule has 0 aliphatic heterocycles. The van der Waals surface area contributed by atoms with E-state index in [2.05, 4.69) is 65.8 Å². The SMILES string of the molecule is CC(C)(C)c1cccc(C(C)(C)C)c1OC(=O)c1ccc(-c2ccccc2)cc1. The van der Waals surface area contributed by atoms with Crippen molar-refractivity contribution in [3.05, 3.63) is 89.5 Å². The fourth-order valence-corrected chi connectivity index (χ4v) is 3.41. The summed E-state index contributed by atoms with van der Waals surface area (Å²) in [5.74, 6) is 0.358. The number of hydrogen-bond donors (Lipinski definition) is 0. The molecule has 2 heteroatoms. The highest BCUT2D eigenvalue weighted by atomic mass is 16.5. The van der Waals surface area contributed by atoms with Crippen LogP contribution >= 0.6 is 0 Å². The molecule has 0 fully saturated rings. The largest absolute Gasteiger partial charge is 0.422 e. The van der Waals surface area contributed by atoms with Crippen LogP contribution in [0.25, 0.3) is 11.1 Å². The van der Waals surface area contributed by atoms with E-state index in [-0.39, 0.29) is 16.8 Å². The van der Waals surface area contributed by atoms with Crippen LogP contribution in [0.1, 0.15) is 63.0 Å². The second kappa shape index (κ2) is 7.87. The molecule has 0 heterocycles. The topological polar surface area (TPSA) is 26.3 Å². The number of rotatable bonds is 3. The molecule has 0 unspecified atom stereocenters. The number of benzene rings is 3. The number of para-hydroxylation sites is 1. The van der Waals surface area contributed by atoms with Crippen LogP contribution in [0.4, 0.5) is 0 Å². The molecule has 150 valence electrons. The minimum absolute atomic E-state index is 0.131. The standard InChI is InChI=1S/C27H30O2/c1-26(2,3)22-13-10-14-23(27(4,5)6)24(22)29-25(28)21-17-15-20(16-18-21)19-11-8-7-9-12-19/h7-18H,1-6H3. The number of carbonyl (C=O) groups excluding carboxylic acids is 1. The molecule has 2 nitrogen and oxygen atoms in total. The fraction of sp³-hybridized carbons (Fsp3) is 0.296. The van der Waals surface area contributed by atoms with Gasteiger partial charge in [-0.05, 0) is 34.1 Å². The maximum atomic E-state index is 13.0. The van der Waals surface area contributed by atoms with Gasteiger partial charge in [-0.1, -0.05) is 102 Å². The van der Waals surface area contributed by atoms with Crippen LogP contribution in [0.2, 0.25) is 0 Å². The van der Waals surface area contributed by atoms with E-state index < -0.39 is 0 Å². The third-order valence-electron chi connectivity index (χ3n) is 5.05. The van der Waals surface area contributed by atoms with Crippen molar-refractivity contribution in [2.45, 2.75) is 52.4 Å². The Balaban J connectivity index is 1.95. The van der Waals surface area contributed by atoms with Gasteiger partial charge in [-0.25, -0.2) is 4.79 Å². The Kier molecular flexibility index (Phi) is 5.66. The molecule has 0 aliphatic carbocycles. The summed E-state index contributed by atoms with van der Waals surface area (Å²) in [4.78, 5) is 13.0. The summed E-state index contributed by atoms with van der Waals surface area (Å²) in [5.41, 5.74) is 4.57. The van der Waals surface area contributed by atoms with Crippen molar-refractivity contribution in [3.63, 3.8) is 0 Å². The summed E-state index contributed by atoms with van der Waals surface area (Å²) in [6.45, 7) is 12.8. The lowest BCUT2D eigenvalue weighted by Crippen LogP contribution is -2.21. The zero-order valence-corrected chi connectivity index (χ0v) is 18.2. The van der Waals surface area contributed by atoms with Gasteiger partial charge >= 0.3 is 5.97 Å². The summed E-state index contributed by atoms with van der Waals surface area (Å²) in [7, 11) is 0. The number of hydrogen-bond acceptors (Lipinski definition) is 2. The maximum Gasteiger partial charge on any atom is 0.343 e. The molecule has 3 aromatic rings. The maximum absolute atomic E-state index is 13.0. The predicted octanol–water partition coefficient (Wildman–Crippen LogP) is 7.17. The van der Waals surface area contributed by atoms with E-state index in [0.29, 0.717) is 11.3 Å². The smallest absolute Gasteiger partial charge is 0.343 e. The fourth-order valence-electron chi connectivity index (χ4n) is 3.41. The zero-order chi connectivity index (χ0) is 21.2. The molecule has 3 rings (SSSR count). The van der Waals surface area contributed by atoms with Crippen LogP contribution in [-0.2, 0) is 10.8 Å². The summed E-state index contributed by atoms with van der Waals surface area (Å²) < 4.78 is 6.02. The second-order valence-corrected chi connectivity index (χ2v) is 9.52. The molecule has 0 saturated heterocycles. The molecular formula is C27H30O2. The number of carbonyl (C=O) groups is 1. The van der Waals surface area contributed by atoms with Gasteiger partial charge in [-0.2, -0.15) is 0 Å². The molecular weight excluding hydrogens is 356 g/mol. The lowest BCUT2D eigenvalue weighted by Gasteiger charge is -2.28. The molecule has 0 spiro atoms. The van der Waals surface area contributed by atoms with Gasteiger partial charge in [0.2, 0.25) is 0 Å². The minimum Gasteiger partial charge on any atom is -0.422 e. The first-order chi connectivity index (χ1) is 13.6. The van der Waals surface area contributed by atoms with E-state index in [1.165, 1.54) is 0 Å². The van der Waals surface area contributed by atoms with Gasteiger partial charge in [0.25, 0.3) is 0 Å². The first kappa shape index (κ1) is 20.9. The van der Waals surface area contributed by atoms with Crippen molar-refractivity contribution in [2.75, 3.05) is 0 Å². The van der Waals surface area contributed by atoms with Crippen molar-refractivity contribution < 1.29 is 9.53 Å². The lowest BCUT2D eigenvalue weighted by molar-refractivity contribution is 0.0729. The molecule has 0 amide bonds. The van der Waals surface area contributed by atoms with Gasteiger partial charge in [0.1, 0.15) is 5.75 Å². The van der Waals surface area contributed by atoms with E-state index in [0.717, 1.165) is 22.3 Å². The summed E-state index contributed by atoms with van der Waals surface area (Å²) in [6, 6.07) is 23.9. The Bertz CT molecular complexity index is 953. The molecule has 0 bridgehead atoms. The van der Waals surface area contributed by atoms with Gasteiger partial charge < -0.3 is 4.74 Å².